The zero-order chi connectivity index (χ0) is 24.8. The molecule has 2 amide bonds. The summed E-state index contributed by atoms with van der Waals surface area (Å²) in [6.45, 7) is 0. The fraction of sp³-hybridized carbons (Fsp3) is 0.333. The monoisotopic (exact) mass is 496 g/mol. The minimum atomic E-state index is -1.02. The van der Waals surface area contributed by atoms with Crippen LogP contribution in [-0.4, -0.2) is 32.1 Å². The van der Waals surface area contributed by atoms with E-state index in [9.17, 15) is 14.0 Å². The van der Waals surface area contributed by atoms with E-state index in [1.807, 2.05) is 17.5 Å². The van der Waals surface area contributed by atoms with E-state index in [0.29, 0.717) is 22.7 Å². The van der Waals surface area contributed by atoms with Crippen molar-refractivity contribution >= 4 is 28.8 Å². The minimum absolute atomic E-state index is 0.0481. The lowest BCUT2D eigenvalue weighted by Crippen LogP contribution is -2.47. The van der Waals surface area contributed by atoms with Crippen molar-refractivity contribution in [3.8, 4) is 11.5 Å². The first kappa shape index (κ1) is 24.7. The van der Waals surface area contributed by atoms with Crippen molar-refractivity contribution in [3.05, 3.63) is 76.2 Å². The van der Waals surface area contributed by atoms with Crippen LogP contribution in [0.5, 0.6) is 11.5 Å². The molecule has 1 aromatic heterocycles. The van der Waals surface area contributed by atoms with Gasteiger partial charge in [0.1, 0.15) is 23.4 Å². The smallest absolute Gasteiger partial charge is 0.248 e. The summed E-state index contributed by atoms with van der Waals surface area (Å²) >= 11 is 1.47. The number of methoxy groups -OCH3 is 2. The maximum absolute atomic E-state index is 13.9. The third-order valence-electron chi connectivity index (χ3n) is 6.21. The third-order valence-corrected chi connectivity index (χ3v) is 7.09. The van der Waals surface area contributed by atoms with Crippen molar-refractivity contribution < 1.29 is 23.5 Å². The van der Waals surface area contributed by atoms with Gasteiger partial charge < -0.3 is 14.8 Å². The van der Waals surface area contributed by atoms with Crippen LogP contribution >= 0.6 is 11.3 Å². The first-order chi connectivity index (χ1) is 17.0. The number of carbonyl (C=O) groups excluding carboxylic acids is 2. The summed E-state index contributed by atoms with van der Waals surface area (Å²) < 4.78 is 24.8. The number of nitrogens with one attached hydrogen (secondary N) is 1. The average molecular weight is 497 g/mol. The molecule has 1 atom stereocenters. The quantitative estimate of drug-likeness (QED) is 0.438. The predicted molar refractivity (Wildman–Crippen MR) is 135 cm³/mol. The first-order valence-corrected chi connectivity index (χ1v) is 12.5. The molecule has 3 aromatic rings. The van der Waals surface area contributed by atoms with E-state index < -0.39 is 11.9 Å². The normalized spacial score (nSPS) is 14.4. The second-order valence-electron chi connectivity index (χ2n) is 8.50. The van der Waals surface area contributed by atoms with Gasteiger partial charge >= 0.3 is 0 Å². The standard InChI is InChI=1S/C27H29FN2O4S/c1-33-21-13-14-24(34-2)23(16-21)30(25(31)17-22-8-5-15-35-22)26(18-9-11-19(28)12-10-18)27(32)29-20-6-3-4-7-20/h5,8-16,20,26H,3-4,6-7,17H2,1-2H3,(H,29,32). The highest BCUT2D eigenvalue weighted by molar-refractivity contribution is 7.10. The summed E-state index contributed by atoms with van der Waals surface area (Å²) in [5, 5.41) is 5.03. The van der Waals surface area contributed by atoms with Crippen LogP contribution in [0.3, 0.4) is 0 Å². The van der Waals surface area contributed by atoms with Crippen molar-refractivity contribution in [2.45, 2.75) is 44.2 Å². The molecule has 0 aliphatic heterocycles. The molecule has 184 valence electrons. The van der Waals surface area contributed by atoms with Crippen LogP contribution in [0.4, 0.5) is 10.1 Å². The lowest BCUT2D eigenvalue weighted by Gasteiger charge is -2.33. The summed E-state index contributed by atoms with van der Waals surface area (Å²) in [6, 6.07) is 13.6. The Morgan fingerprint density at radius 2 is 1.83 bits per heavy atom. The highest BCUT2D eigenvalue weighted by Crippen LogP contribution is 2.38. The van der Waals surface area contributed by atoms with Crippen LogP contribution in [-0.2, 0) is 16.0 Å². The van der Waals surface area contributed by atoms with E-state index >= 15 is 0 Å². The molecule has 1 aliphatic rings. The fourth-order valence-corrected chi connectivity index (χ4v) is 5.16. The second kappa shape index (κ2) is 11.4. The number of carbonyl (C=O) groups is 2. The zero-order valence-corrected chi connectivity index (χ0v) is 20.6. The van der Waals surface area contributed by atoms with E-state index in [2.05, 4.69) is 5.32 Å². The predicted octanol–water partition coefficient (Wildman–Crippen LogP) is 5.28. The van der Waals surface area contributed by atoms with Crippen molar-refractivity contribution in [1.29, 1.82) is 0 Å². The van der Waals surface area contributed by atoms with Crippen molar-refractivity contribution in [2.24, 2.45) is 0 Å². The van der Waals surface area contributed by atoms with Crippen molar-refractivity contribution in [3.63, 3.8) is 0 Å². The van der Waals surface area contributed by atoms with Crippen molar-refractivity contribution in [1.82, 2.24) is 5.32 Å². The summed E-state index contributed by atoms with van der Waals surface area (Å²) in [5.41, 5.74) is 0.913. The van der Waals surface area contributed by atoms with E-state index in [1.54, 1.807) is 30.3 Å². The first-order valence-electron chi connectivity index (χ1n) is 11.6. The molecule has 2 aromatic carbocycles. The van der Waals surface area contributed by atoms with Gasteiger partial charge in [-0.05, 0) is 54.1 Å². The van der Waals surface area contributed by atoms with Crippen LogP contribution in [0.25, 0.3) is 0 Å². The highest BCUT2D eigenvalue weighted by atomic mass is 32.1. The SMILES string of the molecule is COc1ccc(OC)c(N(C(=O)Cc2cccs2)C(C(=O)NC2CCCC2)c2ccc(F)cc2)c1. The number of rotatable bonds is 9. The number of thiophene rings is 1. The Kier molecular flexibility index (Phi) is 8.02. The molecule has 1 unspecified atom stereocenters. The number of hydrogen-bond donors (Lipinski definition) is 1. The van der Waals surface area contributed by atoms with Gasteiger partial charge in [-0.1, -0.05) is 31.0 Å². The molecule has 6 nitrogen and oxygen atoms in total. The van der Waals surface area contributed by atoms with Crippen LogP contribution < -0.4 is 19.7 Å². The number of anilines is 1. The van der Waals surface area contributed by atoms with Crippen molar-refractivity contribution in [2.75, 3.05) is 19.1 Å². The van der Waals surface area contributed by atoms with Gasteiger partial charge in [-0.25, -0.2) is 4.39 Å². The summed E-state index contributed by atoms with van der Waals surface area (Å²) in [7, 11) is 3.05. The number of ether oxygens (including phenoxy) is 2. The molecule has 1 N–H and O–H groups in total. The fourth-order valence-electron chi connectivity index (χ4n) is 4.46. The summed E-state index contributed by atoms with van der Waals surface area (Å²) in [4.78, 5) is 30.0. The maximum atomic E-state index is 13.9. The molecule has 0 bridgehead atoms. The Morgan fingerprint density at radius 3 is 2.46 bits per heavy atom. The van der Waals surface area contributed by atoms with Gasteiger partial charge in [-0.15, -0.1) is 11.3 Å². The Morgan fingerprint density at radius 1 is 1.09 bits per heavy atom. The number of amides is 2. The van der Waals surface area contributed by atoms with Gasteiger partial charge in [0.05, 0.1) is 26.3 Å². The number of hydrogen-bond acceptors (Lipinski definition) is 5. The van der Waals surface area contributed by atoms with E-state index in [0.717, 1.165) is 30.6 Å². The Labute approximate surface area is 208 Å². The molecule has 1 fully saturated rings. The topological polar surface area (TPSA) is 67.9 Å². The maximum Gasteiger partial charge on any atom is 0.248 e. The lowest BCUT2D eigenvalue weighted by atomic mass is 10.0. The van der Waals surface area contributed by atoms with E-state index in [1.165, 1.54) is 42.6 Å². The van der Waals surface area contributed by atoms with E-state index in [4.69, 9.17) is 9.47 Å². The molecule has 0 saturated heterocycles. The van der Waals surface area contributed by atoms with Crippen LogP contribution in [0.1, 0.15) is 42.2 Å². The molecule has 1 aliphatic carbocycles. The van der Waals surface area contributed by atoms with Crippen LogP contribution in [0.2, 0.25) is 0 Å². The van der Waals surface area contributed by atoms with Crippen LogP contribution in [0.15, 0.2) is 60.0 Å². The molecular weight excluding hydrogens is 467 g/mol. The average Bonchev–Trinajstić information content (AvgIpc) is 3.57. The van der Waals surface area contributed by atoms with Gasteiger partial charge in [-0.3, -0.25) is 14.5 Å². The molecule has 8 heteroatoms. The van der Waals surface area contributed by atoms with Crippen LogP contribution in [0, 0.1) is 5.82 Å². The van der Waals surface area contributed by atoms with E-state index in [-0.39, 0.29) is 24.3 Å². The Hall–Kier alpha value is -3.39. The number of benzene rings is 2. The largest absolute Gasteiger partial charge is 0.497 e. The third kappa shape index (κ3) is 5.82. The molecule has 1 heterocycles. The number of halogens is 1. The number of nitrogens with zero attached hydrogens (tertiary/aromatic N) is 1. The minimum Gasteiger partial charge on any atom is -0.497 e. The molecule has 0 spiro atoms. The second-order valence-corrected chi connectivity index (χ2v) is 9.53. The van der Waals surface area contributed by atoms with Gasteiger partial charge in [-0.2, -0.15) is 0 Å². The van der Waals surface area contributed by atoms with Gasteiger partial charge in [0, 0.05) is 17.0 Å². The van der Waals surface area contributed by atoms with Gasteiger partial charge in [0.2, 0.25) is 11.8 Å². The molecule has 0 radical (unpaired) electrons. The molecule has 1 saturated carbocycles. The molecule has 35 heavy (non-hydrogen) atoms. The lowest BCUT2D eigenvalue weighted by molar-refractivity contribution is -0.127. The summed E-state index contributed by atoms with van der Waals surface area (Å²) in [5.74, 6) is -0.0724. The molecule has 4 rings (SSSR count). The Balaban J connectivity index is 1.83. The van der Waals surface area contributed by atoms with Gasteiger partial charge in [0.25, 0.3) is 0 Å². The Bertz CT molecular complexity index is 1140. The zero-order valence-electron chi connectivity index (χ0n) is 19.8. The highest BCUT2D eigenvalue weighted by Gasteiger charge is 2.36. The van der Waals surface area contributed by atoms with Gasteiger partial charge in [0.15, 0.2) is 0 Å². The summed E-state index contributed by atoms with van der Waals surface area (Å²) in [6.07, 6.45) is 4.00. The molecular formula is C27H29FN2O4S.